The number of ether oxygens (including phenoxy) is 1. The van der Waals surface area contributed by atoms with Crippen LogP contribution < -0.4 is 5.32 Å². The minimum atomic E-state index is -1.28. The molecule has 1 unspecified atom stereocenters. The SMILES string of the molecule is CCOC(=O)C(C)(NC1CC1)c1ccc(F)cc1F. The van der Waals surface area contributed by atoms with Crippen molar-refractivity contribution in [3.05, 3.63) is 35.4 Å². The first kappa shape index (κ1) is 13.9. The Labute approximate surface area is 111 Å². The fourth-order valence-corrected chi connectivity index (χ4v) is 2.05. The molecule has 1 fully saturated rings. The Hall–Kier alpha value is -1.49. The van der Waals surface area contributed by atoms with E-state index in [4.69, 9.17) is 4.74 Å². The van der Waals surface area contributed by atoms with Crippen LogP contribution >= 0.6 is 0 Å². The minimum absolute atomic E-state index is 0.110. The van der Waals surface area contributed by atoms with E-state index in [2.05, 4.69) is 5.32 Å². The minimum Gasteiger partial charge on any atom is -0.464 e. The maximum atomic E-state index is 13.9. The molecule has 1 aliphatic carbocycles. The molecule has 0 spiro atoms. The van der Waals surface area contributed by atoms with Crippen LogP contribution in [-0.2, 0) is 15.1 Å². The van der Waals surface area contributed by atoms with Gasteiger partial charge in [0.15, 0.2) is 0 Å². The van der Waals surface area contributed by atoms with Gasteiger partial charge in [-0.1, -0.05) is 6.07 Å². The molecule has 5 heteroatoms. The summed E-state index contributed by atoms with van der Waals surface area (Å²) in [6, 6.07) is 3.39. The molecular formula is C14H17F2NO2. The number of halogens is 2. The fraction of sp³-hybridized carbons (Fsp3) is 0.500. The van der Waals surface area contributed by atoms with Crippen LogP contribution in [0.15, 0.2) is 18.2 Å². The number of hydrogen-bond donors (Lipinski definition) is 1. The maximum Gasteiger partial charge on any atom is 0.330 e. The van der Waals surface area contributed by atoms with Gasteiger partial charge >= 0.3 is 5.97 Å². The number of carbonyl (C=O) groups excluding carboxylic acids is 1. The molecule has 104 valence electrons. The number of rotatable bonds is 5. The monoisotopic (exact) mass is 269 g/mol. The Kier molecular flexibility index (Phi) is 3.85. The average Bonchev–Trinajstić information content (AvgIpc) is 3.12. The van der Waals surface area contributed by atoms with Gasteiger partial charge in [0, 0.05) is 17.7 Å². The topological polar surface area (TPSA) is 38.3 Å². The molecule has 0 radical (unpaired) electrons. The lowest BCUT2D eigenvalue weighted by molar-refractivity contribution is -0.151. The maximum absolute atomic E-state index is 13.9. The molecular weight excluding hydrogens is 252 g/mol. The highest BCUT2D eigenvalue weighted by atomic mass is 19.1. The van der Waals surface area contributed by atoms with Gasteiger partial charge in [-0.05, 0) is 32.8 Å². The van der Waals surface area contributed by atoms with E-state index in [-0.39, 0.29) is 18.2 Å². The van der Waals surface area contributed by atoms with Gasteiger partial charge in [0.1, 0.15) is 17.2 Å². The van der Waals surface area contributed by atoms with Gasteiger partial charge in [0.25, 0.3) is 0 Å². The number of esters is 1. The molecule has 0 aliphatic heterocycles. The second-order valence-corrected chi connectivity index (χ2v) is 4.89. The van der Waals surface area contributed by atoms with E-state index in [1.165, 1.54) is 6.07 Å². The Balaban J connectivity index is 2.37. The van der Waals surface area contributed by atoms with E-state index in [1.807, 2.05) is 0 Å². The molecule has 19 heavy (non-hydrogen) atoms. The number of nitrogens with one attached hydrogen (secondary N) is 1. The van der Waals surface area contributed by atoms with E-state index in [1.54, 1.807) is 13.8 Å². The first-order chi connectivity index (χ1) is 8.97. The van der Waals surface area contributed by atoms with Crippen molar-refractivity contribution in [3.63, 3.8) is 0 Å². The van der Waals surface area contributed by atoms with Crippen molar-refractivity contribution in [2.24, 2.45) is 0 Å². The Morgan fingerprint density at radius 1 is 1.47 bits per heavy atom. The van der Waals surface area contributed by atoms with E-state index >= 15 is 0 Å². The second kappa shape index (κ2) is 5.25. The highest BCUT2D eigenvalue weighted by molar-refractivity contribution is 5.82. The Bertz CT molecular complexity index is 488. The molecule has 1 N–H and O–H groups in total. The first-order valence-corrected chi connectivity index (χ1v) is 6.38. The number of hydrogen-bond acceptors (Lipinski definition) is 3. The molecule has 3 nitrogen and oxygen atoms in total. The predicted molar refractivity (Wildman–Crippen MR) is 66.5 cm³/mol. The molecule has 0 aromatic heterocycles. The van der Waals surface area contributed by atoms with Gasteiger partial charge in [-0.25, -0.2) is 13.6 Å². The van der Waals surface area contributed by atoms with E-state index in [0.29, 0.717) is 0 Å². The van der Waals surface area contributed by atoms with Crippen LogP contribution in [0.4, 0.5) is 8.78 Å². The van der Waals surface area contributed by atoms with Crippen molar-refractivity contribution >= 4 is 5.97 Å². The summed E-state index contributed by atoms with van der Waals surface area (Å²) < 4.78 is 31.9. The second-order valence-electron chi connectivity index (χ2n) is 4.89. The molecule has 0 bridgehead atoms. The van der Waals surface area contributed by atoms with E-state index in [9.17, 15) is 13.6 Å². The fourth-order valence-electron chi connectivity index (χ4n) is 2.05. The van der Waals surface area contributed by atoms with Crippen molar-refractivity contribution in [2.75, 3.05) is 6.61 Å². The van der Waals surface area contributed by atoms with Crippen molar-refractivity contribution in [1.29, 1.82) is 0 Å². The molecule has 1 saturated carbocycles. The normalized spacial score (nSPS) is 17.9. The average molecular weight is 269 g/mol. The van der Waals surface area contributed by atoms with Crippen LogP contribution in [0.2, 0.25) is 0 Å². The molecule has 0 saturated heterocycles. The zero-order valence-corrected chi connectivity index (χ0v) is 11.0. The third-order valence-corrected chi connectivity index (χ3v) is 3.22. The highest BCUT2D eigenvalue weighted by Crippen LogP contribution is 2.31. The van der Waals surface area contributed by atoms with E-state index in [0.717, 1.165) is 25.0 Å². The summed E-state index contributed by atoms with van der Waals surface area (Å²) in [6.45, 7) is 3.47. The molecule has 0 amide bonds. The molecule has 1 aromatic rings. The van der Waals surface area contributed by atoms with Crippen LogP contribution in [0.3, 0.4) is 0 Å². The lowest BCUT2D eigenvalue weighted by Gasteiger charge is -2.29. The summed E-state index contributed by atoms with van der Waals surface area (Å²) in [5.41, 5.74) is -1.17. The van der Waals surface area contributed by atoms with Gasteiger partial charge in [-0.2, -0.15) is 0 Å². The zero-order valence-electron chi connectivity index (χ0n) is 11.0. The van der Waals surface area contributed by atoms with Crippen LogP contribution in [0.25, 0.3) is 0 Å². The van der Waals surface area contributed by atoms with Crippen LogP contribution in [-0.4, -0.2) is 18.6 Å². The summed E-state index contributed by atoms with van der Waals surface area (Å²) in [5, 5.41) is 3.09. The quantitative estimate of drug-likeness (QED) is 0.835. The lowest BCUT2D eigenvalue weighted by Crippen LogP contribution is -2.49. The van der Waals surface area contributed by atoms with Gasteiger partial charge < -0.3 is 4.74 Å². The van der Waals surface area contributed by atoms with Crippen molar-refractivity contribution < 1.29 is 18.3 Å². The molecule has 2 rings (SSSR count). The smallest absolute Gasteiger partial charge is 0.330 e. The molecule has 1 atom stereocenters. The lowest BCUT2D eigenvalue weighted by atomic mass is 9.91. The third-order valence-electron chi connectivity index (χ3n) is 3.22. The third kappa shape index (κ3) is 2.92. The summed E-state index contributed by atoms with van der Waals surface area (Å²) in [6.07, 6.45) is 1.88. The molecule has 1 aliphatic rings. The van der Waals surface area contributed by atoms with Crippen molar-refractivity contribution in [3.8, 4) is 0 Å². The summed E-state index contributed by atoms with van der Waals surface area (Å²) in [5.74, 6) is -1.96. The van der Waals surface area contributed by atoms with Gasteiger partial charge in [-0.15, -0.1) is 0 Å². The summed E-state index contributed by atoms with van der Waals surface area (Å²) in [4.78, 5) is 12.1. The van der Waals surface area contributed by atoms with Crippen molar-refractivity contribution in [1.82, 2.24) is 5.32 Å². The van der Waals surface area contributed by atoms with Gasteiger partial charge in [-0.3, -0.25) is 5.32 Å². The van der Waals surface area contributed by atoms with Gasteiger partial charge in [0.05, 0.1) is 6.61 Å². The van der Waals surface area contributed by atoms with E-state index < -0.39 is 23.1 Å². The number of benzene rings is 1. The number of carbonyl (C=O) groups is 1. The van der Waals surface area contributed by atoms with Crippen molar-refractivity contribution in [2.45, 2.75) is 38.3 Å². The largest absolute Gasteiger partial charge is 0.464 e. The zero-order chi connectivity index (χ0) is 14.0. The van der Waals surface area contributed by atoms with Crippen LogP contribution in [0.1, 0.15) is 32.3 Å². The standard InChI is InChI=1S/C14H17F2NO2/c1-3-19-13(18)14(2,17-10-5-6-10)11-7-4-9(15)8-12(11)16/h4,7-8,10,17H,3,5-6H2,1-2H3. The molecule has 0 heterocycles. The molecule has 1 aromatic carbocycles. The predicted octanol–water partition coefficient (Wildman–Crippen LogP) is 2.50. The highest BCUT2D eigenvalue weighted by Gasteiger charge is 2.42. The summed E-state index contributed by atoms with van der Waals surface area (Å²) in [7, 11) is 0. The van der Waals surface area contributed by atoms with Crippen LogP contribution in [0, 0.1) is 11.6 Å². The summed E-state index contributed by atoms with van der Waals surface area (Å²) >= 11 is 0. The Morgan fingerprint density at radius 3 is 2.68 bits per heavy atom. The Morgan fingerprint density at radius 2 is 2.16 bits per heavy atom. The van der Waals surface area contributed by atoms with Crippen LogP contribution in [0.5, 0.6) is 0 Å². The first-order valence-electron chi connectivity index (χ1n) is 6.38. The van der Waals surface area contributed by atoms with Gasteiger partial charge in [0.2, 0.25) is 0 Å².